The van der Waals surface area contributed by atoms with E-state index in [2.05, 4.69) is 10.1 Å². The molecular weight excluding hydrogens is 254 g/mol. The number of aromatic nitrogens is 3. The van der Waals surface area contributed by atoms with Crippen molar-refractivity contribution in [2.75, 3.05) is 0 Å². The number of phenolic OH excluding ortho intramolecular Hbond substituents is 1. The third-order valence-electron chi connectivity index (χ3n) is 3.00. The minimum atomic E-state index is 0.0235. The minimum absolute atomic E-state index is 0.0235. The summed E-state index contributed by atoms with van der Waals surface area (Å²) in [6, 6.07) is 14.2. The van der Waals surface area contributed by atoms with Crippen molar-refractivity contribution in [1.29, 1.82) is 0 Å². The Bertz CT molecular complexity index is 703. The predicted molar refractivity (Wildman–Crippen MR) is 74.4 cm³/mol. The Morgan fingerprint density at radius 3 is 2.30 bits per heavy atom. The van der Waals surface area contributed by atoms with E-state index < -0.39 is 0 Å². The second kappa shape index (κ2) is 5.14. The summed E-state index contributed by atoms with van der Waals surface area (Å²) in [7, 11) is 0. The van der Waals surface area contributed by atoms with E-state index in [4.69, 9.17) is 5.11 Å². The Labute approximate surface area is 115 Å². The monoisotopic (exact) mass is 267 g/mol. The number of rotatable bonds is 3. The molecule has 1 aromatic heterocycles. The van der Waals surface area contributed by atoms with Crippen molar-refractivity contribution < 1.29 is 10.2 Å². The maximum absolute atomic E-state index is 9.27. The van der Waals surface area contributed by atoms with E-state index in [1.54, 1.807) is 35.3 Å². The first-order valence-corrected chi connectivity index (χ1v) is 6.17. The molecule has 2 N–H and O–H groups in total. The van der Waals surface area contributed by atoms with Crippen LogP contribution >= 0.6 is 0 Å². The number of aliphatic hydroxyl groups is 1. The van der Waals surface area contributed by atoms with Gasteiger partial charge in [0.05, 0.1) is 12.3 Å². The Morgan fingerprint density at radius 1 is 0.950 bits per heavy atom. The van der Waals surface area contributed by atoms with E-state index in [0.29, 0.717) is 5.82 Å². The molecule has 0 saturated heterocycles. The van der Waals surface area contributed by atoms with Crippen molar-refractivity contribution in [3.05, 3.63) is 60.4 Å². The topological polar surface area (TPSA) is 71.2 Å². The SMILES string of the molecule is OCc1ccc(-c2ncn(-c3ccc(O)cc3)n2)cc1. The minimum Gasteiger partial charge on any atom is -0.508 e. The lowest BCUT2D eigenvalue weighted by molar-refractivity contribution is 0.282. The summed E-state index contributed by atoms with van der Waals surface area (Å²) >= 11 is 0. The lowest BCUT2D eigenvalue weighted by Crippen LogP contribution is -1.94. The van der Waals surface area contributed by atoms with E-state index in [1.807, 2.05) is 24.3 Å². The maximum atomic E-state index is 9.27. The van der Waals surface area contributed by atoms with Crippen LogP contribution in [0.25, 0.3) is 17.1 Å². The Hall–Kier alpha value is -2.66. The van der Waals surface area contributed by atoms with E-state index in [0.717, 1.165) is 16.8 Å². The highest BCUT2D eigenvalue weighted by atomic mass is 16.3. The van der Waals surface area contributed by atoms with Gasteiger partial charge in [-0.3, -0.25) is 0 Å². The van der Waals surface area contributed by atoms with Gasteiger partial charge in [0.15, 0.2) is 5.82 Å². The molecular formula is C15H13N3O2. The number of hydrogen-bond donors (Lipinski definition) is 2. The zero-order valence-electron chi connectivity index (χ0n) is 10.6. The van der Waals surface area contributed by atoms with Gasteiger partial charge in [0.2, 0.25) is 0 Å². The molecule has 5 heteroatoms. The van der Waals surface area contributed by atoms with Gasteiger partial charge in [-0.15, -0.1) is 5.10 Å². The van der Waals surface area contributed by atoms with Crippen molar-refractivity contribution in [2.24, 2.45) is 0 Å². The van der Waals surface area contributed by atoms with Crippen LogP contribution < -0.4 is 0 Å². The smallest absolute Gasteiger partial charge is 0.181 e. The lowest BCUT2D eigenvalue weighted by atomic mass is 10.1. The molecule has 0 saturated carbocycles. The summed E-state index contributed by atoms with van der Waals surface area (Å²) in [5, 5.41) is 22.7. The molecule has 5 nitrogen and oxygen atoms in total. The summed E-state index contributed by atoms with van der Waals surface area (Å²) in [6.45, 7) is 0.0235. The maximum Gasteiger partial charge on any atom is 0.181 e. The van der Waals surface area contributed by atoms with E-state index >= 15 is 0 Å². The number of aromatic hydroxyl groups is 1. The van der Waals surface area contributed by atoms with Gasteiger partial charge in [-0.1, -0.05) is 24.3 Å². The first-order valence-electron chi connectivity index (χ1n) is 6.17. The molecule has 0 radical (unpaired) electrons. The molecule has 0 spiro atoms. The highest BCUT2D eigenvalue weighted by Crippen LogP contribution is 2.18. The summed E-state index contributed by atoms with van der Waals surface area (Å²) in [5.41, 5.74) is 2.57. The van der Waals surface area contributed by atoms with Crippen LogP contribution in [0.3, 0.4) is 0 Å². The van der Waals surface area contributed by atoms with Crippen molar-refractivity contribution in [1.82, 2.24) is 14.8 Å². The van der Waals surface area contributed by atoms with Crippen LogP contribution in [0.2, 0.25) is 0 Å². The molecule has 0 aliphatic carbocycles. The van der Waals surface area contributed by atoms with Gasteiger partial charge in [0.25, 0.3) is 0 Å². The zero-order valence-corrected chi connectivity index (χ0v) is 10.6. The highest BCUT2D eigenvalue weighted by molar-refractivity contribution is 5.55. The molecule has 20 heavy (non-hydrogen) atoms. The summed E-state index contributed by atoms with van der Waals surface area (Å²) < 4.78 is 1.65. The van der Waals surface area contributed by atoms with Crippen LogP contribution in [0.1, 0.15) is 5.56 Å². The molecule has 1 heterocycles. The fraction of sp³-hybridized carbons (Fsp3) is 0.0667. The van der Waals surface area contributed by atoms with Gasteiger partial charge in [-0.2, -0.15) is 0 Å². The Balaban J connectivity index is 1.91. The Kier molecular flexibility index (Phi) is 3.18. The summed E-state index contributed by atoms with van der Waals surface area (Å²) in [6.07, 6.45) is 1.63. The predicted octanol–water partition coefficient (Wildman–Crippen LogP) is 2.13. The standard InChI is InChI=1S/C15H13N3O2/c19-9-11-1-3-12(4-2-11)15-16-10-18(17-15)13-5-7-14(20)8-6-13/h1-8,10,19-20H,9H2. The number of aliphatic hydroxyl groups excluding tert-OH is 1. The summed E-state index contributed by atoms with van der Waals surface area (Å²) in [5.74, 6) is 0.830. The number of benzene rings is 2. The zero-order chi connectivity index (χ0) is 13.9. The molecule has 0 aliphatic rings. The fourth-order valence-electron chi connectivity index (χ4n) is 1.88. The number of hydrogen-bond acceptors (Lipinski definition) is 4. The van der Waals surface area contributed by atoms with Gasteiger partial charge in [0.1, 0.15) is 12.1 Å². The normalized spacial score (nSPS) is 10.7. The molecule has 3 aromatic rings. The van der Waals surface area contributed by atoms with Crippen LogP contribution in [0.4, 0.5) is 0 Å². The molecule has 0 amide bonds. The molecule has 3 rings (SSSR count). The van der Waals surface area contributed by atoms with Gasteiger partial charge in [-0.05, 0) is 29.8 Å². The van der Waals surface area contributed by atoms with Crippen molar-refractivity contribution in [3.8, 4) is 22.8 Å². The molecule has 0 fully saturated rings. The highest BCUT2D eigenvalue weighted by Gasteiger charge is 2.05. The van der Waals surface area contributed by atoms with Gasteiger partial charge in [0, 0.05) is 5.56 Å². The van der Waals surface area contributed by atoms with E-state index in [-0.39, 0.29) is 12.4 Å². The largest absolute Gasteiger partial charge is 0.508 e. The van der Waals surface area contributed by atoms with Crippen LogP contribution in [0.15, 0.2) is 54.9 Å². The Morgan fingerprint density at radius 2 is 1.65 bits per heavy atom. The average Bonchev–Trinajstić information content (AvgIpc) is 2.98. The van der Waals surface area contributed by atoms with Crippen LogP contribution in [-0.2, 0) is 6.61 Å². The van der Waals surface area contributed by atoms with Crippen LogP contribution in [-0.4, -0.2) is 25.0 Å². The first-order chi connectivity index (χ1) is 9.76. The lowest BCUT2D eigenvalue weighted by Gasteiger charge is -2.00. The number of nitrogens with zero attached hydrogens (tertiary/aromatic N) is 3. The van der Waals surface area contributed by atoms with Crippen LogP contribution in [0.5, 0.6) is 5.75 Å². The third-order valence-corrected chi connectivity index (χ3v) is 3.00. The van der Waals surface area contributed by atoms with Crippen molar-refractivity contribution in [3.63, 3.8) is 0 Å². The molecule has 100 valence electrons. The first kappa shape index (κ1) is 12.4. The van der Waals surface area contributed by atoms with E-state index in [1.165, 1.54) is 0 Å². The van der Waals surface area contributed by atoms with Crippen LogP contribution in [0, 0.1) is 0 Å². The van der Waals surface area contributed by atoms with Gasteiger partial charge in [-0.25, -0.2) is 9.67 Å². The molecule has 2 aromatic carbocycles. The van der Waals surface area contributed by atoms with Crippen molar-refractivity contribution in [2.45, 2.75) is 6.61 Å². The molecule has 0 unspecified atom stereocenters. The fourth-order valence-corrected chi connectivity index (χ4v) is 1.88. The second-order valence-electron chi connectivity index (χ2n) is 4.38. The molecule has 0 bridgehead atoms. The van der Waals surface area contributed by atoms with E-state index in [9.17, 15) is 5.11 Å². The summed E-state index contributed by atoms with van der Waals surface area (Å²) in [4.78, 5) is 4.27. The molecule has 0 atom stereocenters. The molecule has 0 aliphatic heterocycles. The van der Waals surface area contributed by atoms with Crippen molar-refractivity contribution >= 4 is 0 Å². The average molecular weight is 267 g/mol. The van der Waals surface area contributed by atoms with Gasteiger partial charge < -0.3 is 10.2 Å². The second-order valence-corrected chi connectivity index (χ2v) is 4.38. The third kappa shape index (κ3) is 2.39. The quantitative estimate of drug-likeness (QED) is 0.762. The number of phenols is 1. The van der Waals surface area contributed by atoms with Gasteiger partial charge >= 0.3 is 0 Å².